The maximum Gasteiger partial charge on any atom is 0.182 e. The fraction of sp³-hybridized carbons (Fsp3) is 0.222. The first-order valence-electron chi connectivity index (χ1n) is 4.83. The van der Waals surface area contributed by atoms with Gasteiger partial charge >= 0.3 is 0 Å². The van der Waals surface area contributed by atoms with Crippen LogP contribution < -0.4 is 5.73 Å². The second-order valence-corrected chi connectivity index (χ2v) is 3.65. The third-order valence-electron chi connectivity index (χ3n) is 2.63. The van der Waals surface area contributed by atoms with Crippen LogP contribution in [0.25, 0.3) is 22.4 Å². The average Bonchev–Trinajstić information content (AvgIpc) is 2.88. The van der Waals surface area contributed by atoms with Gasteiger partial charge in [-0.15, -0.1) is 0 Å². The molecule has 3 aromatic heterocycles. The van der Waals surface area contributed by atoms with Crippen LogP contribution in [0.2, 0.25) is 0 Å². The lowest BCUT2D eigenvalue weighted by atomic mass is 10.2. The van der Waals surface area contributed by atoms with Crippen molar-refractivity contribution >= 4 is 16.9 Å². The van der Waals surface area contributed by atoms with Crippen LogP contribution in [0, 0.1) is 0 Å². The number of H-pyrrole nitrogens is 1. The molecular formula is C9H11N7. The maximum atomic E-state index is 5.85. The van der Waals surface area contributed by atoms with Gasteiger partial charge in [0.15, 0.2) is 5.65 Å². The zero-order valence-corrected chi connectivity index (χ0v) is 8.97. The first-order chi connectivity index (χ1) is 7.68. The summed E-state index contributed by atoms with van der Waals surface area (Å²) in [5, 5.41) is 16.2. The smallest absolute Gasteiger partial charge is 0.182 e. The summed E-state index contributed by atoms with van der Waals surface area (Å²) in [5.74, 6) is 0.527. The van der Waals surface area contributed by atoms with Crippen LogP contribution >= 0.6 is 0 Å². The highest BCUT2D eigenvalue weighted by molar-refractivity contribution is 5.98. The second-order valence-electron chi connectivity index (χ2n) is 3.65. The minimum absolute atomic E-state index is 0.527. The second kappa shape index (κ2) is 2.84. The number of nitrogens with zero attached hydrogens (tertiary/aromatic N) is 5. The Labute approximate surface area is 90.9 Å². The molecule has 3 heterocycles. The van der Waals surface area contributed by atoms with Gasteiger partial charge in [-0.3, -0.25) is 9.78 Å². The van der Waals surface area contributed by atoms with E-state index >= 15 is 0 Å². The monoisotopic (exact) mass is 217 g/mol. The van der Waals surface area contributed by atoms with Crippen molar-refractivity contribution in [3.8, 4) is 11.4 Å². The molecule has 3 aromatic rings. The van der Waals surface area contributed by atoms with Gasteiger partial charge in [0.1, 0.15) is 11.5 Å². The fourth-order valence-electron chi connectivity index (χ4n) is 1.85. The Hall–Kier alpha value is -2.31. The van der Waals surface area contributed by atoms with Crippen LogP contribution in [0.5, 0.6) is 0 Å². The van der Waals surface area contributed by atoms with E-state index in [0.717, 1.165) is 22.4 Å². The van der Waals surface area contributed by atoms with Gasteiger partial charge in [-0.05, 0) is 6.07 Å². The maximum absolute atomic E-state index is 5.85. The van der Waals surface area contributed by atoms with Gasteiger partial charge in [-0.1, -0.05) is 0 Å². The molecule has 0 radical (unpaired) electrons. The van der Waals surface area contributed by atoms with E-state index in [1.54, 1.807) is 15.6 Å². The van der Waals surface area contributed by atoms with Crippen LogP contribution in [-0.4, -0.2) is 29.8 Å². The first kappa shape index (κ1) is 8.96. The molecule has 16 heavy (non-hydrogen) atoms. The molecule has 0 spiro atoms. The van der Waals surface area contributed by atoms with E-state index in [1.165, 1.54) is 0 Å². The summed E-state index contributed by atoms with van der Waals surface area (Å²) in [4.78, 5) is 0. The number of fused-ring (bicyclic) bond motifs is 1. The zero-order valence-electron chi connectivity index (χ0n) is 8.97. The highest BCUT2D eigenvalue weighted by atomic mass is 15.3. The van der Waals surface area contributed by atoms with Crippen molar-refractivity contribution in [2.24, 2.45) is 14.1 Å². The molecule has 3 rings (SSSR count). The summed E-state index contributed by atoms with van der Waals surface area (Å²) in [6, 6.07) is 1.90. The van der Waals surface area contributed by atoms with E-state index in [9.17, 15) is 0 Å². The van der Waals surface area contributed by atoms with Crippen molar-refractivity contribution in [2.45, 2.75) is 0 Å². The van der Waals surface area contributed by atoms with Crippen LogP contribution in [0.1, 0.15) is 0 Å². The van der Waals surface area contributed by atoms with E-state index in [-0.39, 0.29) is 0 Å². The predicted octanol–water partition coefficient (Wildman–Crippen LogP) is 0.279. The summed E-state index contributed by atoms with van der Waals surface area (Å²) in [7, 11) is 3.70. The van der Waals surface area contributed by atoms with Gasteiger partial charge in [-0.2, -0.15) is 15.3 Å². The van der Waals surface area contributed by atoms with Crippen molar-refractivity contribution < 1.29 is 0 Å². The Morgan fingerprint density at radius 1 is 1.31 bits per heavy atom. The molecule has 7 nitrogen and oxygen atoms in total. The topological polar surface area (TPSA) is 90.3 Å². The molecule has 7 heteroatoms. The predicted molar refractivity (Wildman–Crippen MR) is 59.5 cm³/mol. The number of rotatable bonds is 1. The highest BCUT2D eigenvalue weighted by Crippen LogP contribution is 2.29. The molecule has 0 aliphatic carbocycles. The number of nitrogens with two attached hydrogens (primary N) is 1. The normalized spacial score (nSPS) is 11.4. The number of aromatic amines is 1. The third kappa shape index (κ3) is 0.992. The molecule has 0 bridgehead atoms. The van der Waals surface area contributed by atoms with Crippen molar-refractivity contribution in [1.29, 1.82) is 0 Å². The van der Waals surface area contributed by atoms with Crippen LogP contribution in [0.3, 0.4) is 0 Å². The Kier molecular flexibility index (Phi) is 1.59. The Morgan fingerprint density at radius 2 is 2.12 bits per heavy atom. The molecule has 0 saturated heterocycles. The van der Waals surface area contributed by atoms with Gasteiger partial charge in [-0.25, -0.2) is 4.68 Å². The Balaban J connectivity index is 2.40. The SMILES string of the molecule is Cn1nccc1-c1nn(C)c2n[nH]c(N)c12. The number of anilines is 1. The lowest BCUT2D eigenvalue weighted by molar-refractivity contribution is 0.754. The quantitative estimate of drug-likeness (QED) is 0.612. The molecular weight excluding hydrogens is 206 g/mol. The van der Waals surface area contributed by atoms with E-state index < -0.39 is 0 Å². The van der Waals surface area contributed by atoms with Gasteiger partial charge in [0.25, 0.3) is 0 Å². The van der Waals surface area contributed by atoms with Crippen LogP contribution in [0.4, 0.5) is 5.82 Å². The minimum atomic E-state index is 0.527. The van der Waals surface area contributed by atoms with Gasteiger partial charge < -0.3 is 5.73 Å². The Bertz CT molecular complexity index is 657. The molecule has 0 aromatic carbocycles. The first-order valence-corrected chi connectivity index (χ1v) is 4.83. The number of hydrogen-bond donors (Lipinski definition) is 2. The number of hydrogen-bond acceptors (Lipinski definition) is 4. The summed E-state index contributed by atoms with van der Waals surface area (Å²) in [6.45, 7) is 0. The third-order valence-corrected chi connectivity index (χ3v) is 2.63. The molecule has 0 fully saturated rings. The lowest BCUT2D eigenvalue weighted by Gasteiger charge is -1.97. The lowest BCUT2D eigenvalue weighted by Crippen LogP contribution is -1.97. The molecule has 3 N–H and O–H groups in total. The van der Waals surface area contributed by atoms with E-state index in [1.807, 2.05) is 20.2 Å². The average molecular weight is 217 g/mol. The summed E-state index contributed by atoms with van der Waals surface area (Å²) < 4.78 is 3.46. The summed E-state index contributed by atoms with van der Waals surface area (Å²) in [5.41, 5.74) is 8.30. The van der Waals surface area contributed by atoms with Crippen LogP contribution in [0.15, 0.2) is 12.3 Å². The molecule has 82 valence electrons. The minimum Gasteiger partial charge on any atom is -0.383 e. The zero-order chi connectivity index (χ0) is 11.3. The van der Waals surface area contributed by atoms with Crippen molar-refractivity contribution in [3.05, 3.63) is 12.3 Å². The van der Waals surface area contributed by atoms with E-state index in [2.05, 4.69) is 20.4 Å². The van der Waals surface area contributed by atoms with Crippen LogP contribution in [-0.2, 0) is 14.1 Å². The van der Waals surface area contributed by atoms with Gasteiger partial charge in [0.2, 0.25) is 0 Å². The summed E-state index contributed by atoms with van der Waals surface area (Å²) >= 11 is 0. The van der Waals surface area contributed by atoms with Gasteiger partial charge in [0.05, 0.1) is 11.1 Å². The standard InChI is InChI=1S/C9H11N7/c1-15-5(3-4-11-15)7-6-8(10)12-13-9(6)16(2)14-7/h3-4H,1-2H3,(H3,10,12,13). The molecule has 0 unspecified atom stereocenters. The number of aromatic nitrogens is 6. The molecule has 0 atom stereocenters. The van der Waals surface area contributed by atoms with Crippen molar-refractivity contribution in [1.82, 2.24) is 29.8 Å². The van der Waals surface area contributed by atoms with E-state index in [0.29, 0.717) is 5.82 Å². The van der Waals surface area contributed by atoms with Crippen molar-refractivity contribution in [3.63, 3.8) is 0 Å². The van der Waals surface area contributed by atoms with Gasteiger partial charge in [0, 0.05) is 20.3 Å². The van der Waals surface area contributed by atoms with E-state index in [4.69, 9.17) is 5.73 Å². The molecule has 0 amide bonds. The van der Waals surface area contributed by atoms with Crippen molar-refractivity contribution in [2.75, 3.05) is 5.73 Å². The number of aryl methyl sites for hydroxylation is 2. The largest absolute Gasteiger partial charge is 0.383 e. The molecule has 0 aliphatic rings. The fourth-order valence-corrected chi connectivity index (χ4v) is 1.85. The number of nitrogens with one attached hydrogen (secondary N) is 1. The number of nitrogen functional groups attached to an aromatic ring is 1. The molecule has 0 aliphatic heterocycles. The highest BCUT2D eigenvalue weighted by Gasteiger charge is 2.18. The molecule has 0 saturated carbocycles. The summed E-state index contributed by atoms with van der Waals surface area (Å²) in [6.07, 6.45) is 1.73. The Morgan fingerprint density at radius 3 is 2.81 bits per heavy atom.